The van der Waals surface area contributed by atoms with Gasteiger partial charge in [0.15, 0.2) is 0 Å². The standard InChI is InChI=1S/C14H24N4O4S/c1-10-11(2)16-17-13(10)4-5-14(19)15-8-12-9-18(6-7-22-12)23(3,20)21/h12H,4-9H2,1-3H3,(H,15,19)(H,16,17)/t12-/m0/s1. The highest BCUT2D eigenvalue weighted by Crippen LogP contribution is 2.11. The third-order valence-corrected chi connectivity index (χ3v) is 5.31. The molecular weight excluding hydrogens is 320 g/mol. The van der Waals surface area contributed by atoms with Gasteiger partial charge in [0.25, 0.3) is 0 Å². The molecule has 130 valence electrons. The Morgan fingerprint density at radius 3 is 2.83 bits per heavy atom. The maximum Gasteiger partial charge on any atom is 0.220 e. The first-order chi connectivity index (χ1) is 10.8. The van der Waals surface area contributed by atoms with Crippen molar-refractivity contribution in [2.45, 2.75) is 32.8 Å². The normalized spacial score (nSPS) is 19.7. The van der Waals surface area contributed by atoms with E-state index in [1.165, 1.54) is 10.6 Å². The number of hydrogen-bond acceptors (Lipinski definition) is 5. The van der Waals surface area contributed by atoms with Crippen LogP contribution in [0.5, 0.6) is 0 Å². The van der Waals surface area contributed by atoms with Gasteiger partial charge in [-0.1, -0.05) is 0 Å². The maximum absolute atomic E-state index is 11.9. The van der Waals surface area contributed by atoms with Crippen LogP contribution in [-0.4, -0.2) is 67.4 Å². The summed E-state index contributed by atoms with van der Waals surface area (Å²) in [5, 5.41) is 9.87. The molecule has 0 aliphatic carbocycles. The number of rotatable bonds is 6. The lowest BCUT2D eigenvalue weighted by Crippen LogP contribution is -2.49. The largest absolute Gasteiger partial charge is 0.374 e. The van der Waals surface area contributed by atoms with Crippen molar-refractivity contribution in [1.29, 1.82) is 0 Å². The second-order valence-electron chi connectivity index (χ2n) is 5.84. The molecule has 1 atom stereocenters. The minimum atomic E-state index is -3.22. The molecule has 9 heteroatoms. The van der Waals surface area contributed by atoms with Gasteiger partial charge in [0.2, 0.25) is 15.9 Å². The first kappa shape index (κ1) is 17.9. The minimum absolute atomic E-state index is 0.0925. The van der Waals surface area contributed by atoms with E-state index in [0.717, 1.165) is 17.0 Å². The van der Waals surface area contributed by atoms with Crippen LogP contribution in [0.4, 0.5) is 0 Å². The van der Waals surface area contributed by atoms with Gasteiger partial charge in [-0.3, -0.25) is 9.89 Å². The van der Waals surface area contributed by atoms with Crippen molar-refractivity contribution in [2.75, 3.05) is 32.5 Å². The minimum Gasteiger partial charge on any atom is -0.374 e. The van der Waals surface area contributed by atoms with Gasteiger partial charge in [-0.25, -0.2) is 8.42 Å². The van der Waals surface area contributed by atoms with Crippen LogP contribution in [0, 0.1) is 13.8 Å². The zero-order valence-corrected chi connectivity index (χ0v) is 14.6. The predicted octanol–water partition coefficient (Wildman–Crippen LogP) is -0.264. The molecule has 1 aromatic rings. The van der Waals surface area contributed by atoms with Gasteiger partial charge in [-0.2, -0.15) is 9.40 Å². The number of morpholine rings is 1. The van der Waals surface area contributed by atoms with E-state index in [4.69, 9.17) is 4.74 Å². The Hall–Kier alpha value is -1.45. The molecule has 0 saturated carbocycles. The van der Waals surface area contributed by atoms with Crippen molar-refractivity contribution in [3.63, 3.8) is 0 Å². The molecule has 1 aliphatic heterocycles. The summed E-state index contributed by atoms with van der Waals surface area (Å²) in [6, 6.07) is 0. The molecule has 1 saturated heterocycles. The number of H-pyrrole nitrogens is 1. The highest BCUT2D eigenvalue weighted by molar-refractivity contribution is 7.88. The van der Waals surface area contributed by atoms with E-state index in [-0.39, 0.29) is 18.6 Å². The number of hydrogen-bond donors (Lipinski definition) is 2. The Labute approximate surface area is 136 Å². The number of amides is 1. The molecule has 0 spiro atoms. The second-order valence-corrected chi connectivity index (χ2v) is 7.82. The van der Waals surface area contributed by atoms with Crippen LogP contribution >= 0.6 is 0 Å². The molecule has 2 rings (SSSR count). The average Bonchev–Trinajstić information content (AvgIpc) is 2.82. The van der Waals surface area contributed by atoms with Gasteiger partial charge < -0.3 is 10.1 Å². The van der Waals surface area contributed by atoms with Gasteiger partial charge >= 0.3 is 0 Å². The first-order valence-corrected chi connectivity index (χ1v) is 9.46. The Morgan fingerprint density at radius 1 is 1.48 bits per heavy atom. The predicted molar refractivity (Wildman–Crippen MR) is 85.5 cm³/mol. The number of carbonyl (C=O) groups excluding carboxylic acids is 1. The fourth-order valence-corrected chi connectivity index (χ4v) is 3.29. The fraction of sp³-hybridized carbons (Fsp3) is 0.714. The SMILES string of the molecule is Cc1[nH]nc(CCC(=O)NC[C@H]2CN(S(C)(=O)=O)CCO2)c1C. The number of aromatic nitrogens is 2. The second kappa shape index (κ2) is 7.41. The highest BCUT2D eigenvalue weighted by Gasteiger charge is 2.26. The maximum atomic E-state index is 11.9. The van der Waals surface area contributed by atoms with E-state index in [0.29, 0.717) is 32.5 Å². The van der Waals surface area contributed by atoms with Gasteiger partial charge in [0, 0.05) is 38.2 Å². The van der Waals surface area contributed by atoms with Crippen molar-refractivity contribution >= 4 is 15.9 Å². The molecule has 0 aromatic carbocycles. The summed E-state index contributed by atoms with van der Waals surface area (Å²) in [7, 11) is -3.22. The highest BCUT2D eigenvalue weighted by atomic mass is 32.2. The molecule has 8 nitrogen and oxygen atoms in total. The first-order valence-electron chi connectivity index (χ1n) is 7.61. The molecule has 2 heterocycles. The third-order valence-electron chi connectivity index (χ3n) is 4.04. The number of aromatic amines is 1. The molecule has 1 amide bonds. The summed E-state index contributed by atoms with van der Waals surface area (Å²) < 4.78 is 30.0. The lowest BCUT2D eigenvalue weighted by Gasteiger charge is -2.31. The molecule has 1 aliphatic rings. The van der Waals surface area contributed by atoms with E-state index >= 15 is 0 Å². The molecular formula is C14H24N4O4S. The number of sulfonamides is 1. The zero-order valence-electron chi connectivity index (χ0n) is 13.8. The summed E-state index contributed by atoms with van der Waals surface area (Å²) in [4.78, 5) is 11.9. The van der Waals surface area contributed by atoms with Crippen LogP contribution in [0.3, 0.4) is 0 Å². The summed E-state index contributed by atoms with van der Waals surface area (Å²) in [5.41, 5.74) is 2.99. The van der Waals surface area contributed by atoms with Crippen LogP contribution < -0.4 is 5.32 Å². The number of aryl methyl sites for hydroxylation is 2. The van der Waals surface area contributed by atoms with Gasteiger partial charge in [-0.05, 0) is 19.4 Å². The van der Waals surface area contributed by atoms with Crippen LogP contribution in [0.25, 0.3) is 0 Å². The van der Waals surface area contributed by atoms with E-state index in [9.17, 15) is 13.2 Å². The summed E-state index contributed by atoms with van der Waals surface area (Å²) in [5.74, 6) is -0.0925. The summed E-state index contributed by atoms with van der Waals surface area (Å²) in [6.07, 6.45) is 1.79. The average molecular weight is 344 g/mol. The van der Waals surface area contributed by atoms with Gasteiger partial charge in [-0.15, -0.1) is 0 Å². The fourth-order valence-electron chi connectivity index (χ4n) is 2.44. The Bertz CT molecular complexity index is 656. The van der Waals surface area contributed by atoms with Crippen molar-refractivity contribution in [2.24, 2.45) is 0 Å². The lowest BCUT2D eigenvalue weighted by molar-refractivity contribution is -0.122. The molecule has 2 N–H and O–H groups in total. The molecule has 23 heavy (non-hydrogen) atoms. The molecule has 0 radical (unpaired) electrons. The monoisotopic (exact) mass is 344 g/mol. The van der Waals surface area contributed by atoms with Crippen LogP contribution in [-0.2, 0) is 26.0 Å². The van der Waals surface area contributed by atoms with E-state index in [1.54, 1.807) is 0 Å². The number of nitrogens with zero attached hydrogens (tertiary/aromatic N) is 2. The quantitative estimate of drug-likeness (QED) is 0.740. The lowest BCUT2D eigenvalue weighted by atomic mass is 10.1. The van der Waals surface area contributed by atoms with Crippen LogP contribution in [0.1, 0.15) is 23.4 Å². The Kier molecular flexibility index (Phi) is 5.77. The zero-order chi connectivity index (χ0) is 17.0. The van der Waals surface area contributed by atoms with Crippen molar-refractivity contribution in [1.82, 2.24) is 19.8 Å². The van der Waals surface area contributed by atoms with E-state index in [1.807, 2.05) is 13.8 Å². The van der Waals surface area contributed by atoms with Crippen molar-refractivity contribution in [3.05, 3.63) is 17.0 Å². The number of carbonyl (C=O) groups is 1. The van der Waals surface area contributed by atoms with Crippen LogP contribution in [0.2, 0.25) is 0 Å². The summed E-state index contributed by atoms with van der Waals surface area (Å²) >= 11 is 0. The molecule has 0 bridgehead atoms. The number of ether oxygens (including phenoxy) is 1. The summed E-state index contributed by atoms with van der Waals surface area (Å²) in [6.45, 7) is 5.21. The van der Waals surface area contributed by atoms with E-state index < -0.39 is 10.0 Å². The van der Waals surface area contributed by atoms with Gasteiger partial charge in [0.1, 0.15) is 0 Å². The Morgan fingerprint density at radius 2 is 2.22 bits per heavy atom. The van der Waals surface area contributed by atoms with Crippen molar-refractivity contribution in [3.8, 4) is 0 Å². The molecule has 0 unspecified atom stereocenters. The van der Waals surface area contributed by atoms with Crippen LogP contribution in [0.15, 0.2) is 0 Å². The van der Waals surface area contributed by atoms with Crippen molar-refractivity contribution < 1.29 is 17.9 Å². The Balaban J connectivity index is 1.75. The number of nitrogens with one attached hydrogen (secondary N) is 2. The molecule has 1 aromatic heterocycles. The topological polar surface area (TPSA) is 104 Å². The smallest absolute Gasteiger partial charge is 0.220 e. The van der Waals surface area contributed by atoms with E-state index in [2.05, 4.69) is 15.5 Å². The van der Waals surface area contributed by atoms with Gasteiger partial charge in [0.05, 0.1) is 24.7 Å². The molecule has 1 fully saturated rings. The third kappa shape index (κ3) is 5.02.